The molecule has 0 N–H and O–H groups in total. The molecule has 12 heavy (non-hydrogen) atoms. The second-order valence-electron chi connectivity index (χ2n) is 3.70. The third-order valence-corrected chi connectivity index (χ3v) is 3.75. The van der Waals surface area contributed by atoms with Gasteiger partial charge in [0, 0.05) is 5.41 Å². The molecular formula is C10H18OS. The van der Waals surface area contributed by atoms with E-state index >= 15 is 0 Å². The van der Waals surface area contributed by atoms with E-state index in [4.69, 9.17) is 0 Å². The van der Waals surface area contributed by atoms with E-state index < -0.39 is 0 Å². The van der Waals surface area contributed by atoms with Crippen molar-refractivity contribution in [2.45, 2.75) is 39.0 Å². The van der Waals surface area contributed by atoms with Gasteiger partial charge in [0.2, 0.25) is 0 Å². The van der Waals surface area contributed by atoms with Crippen molar-refractivity contribution < 1.29 is 4.79 Å². The zero-order valence-corrected chi connectivity index (χ0v) is 8.66. The Morgan fingerprint density at radius 2 is 2.08 bits per heavy atom. The summed E-state index contributed by atoms with van der Waals surface area (Å²) in [5.74, 6) is 2.37. The summed E-state index contributed by atoms with van der Waals surface area (Å²) in [6.45, 7) is 2.19. The highest BCUT2D eigenvalue weighted by Gasteiger charge is 2.30. The molecule has 0 aromatic rings. The normalized spacial score (nSPS) is 22.1. The summed E-state index contributed by atoms with van der Waals surface area (Å²) in [7, 11) is 0. The van der Waals surface area contributed by atoms with Crippen LogP contribution in [-0.4, -0.2) is 17.8 Å². The fraction of sp³-hybridized carbons (Fsp3) is 0.900. The van der Waals surface area contributed by atoms with Crippen molar-refractivity contribution >= 4 is 18.0 Å². The summed E-state index contributed by atoms with van der Waals surface area (Å²) in [5, 5.41) is 0. The molecule has 0 aromatic heterocycles. The fourth-order valence-electron chi connectivity index (χ4n) is 1.73. The molecule has 0 atom stereocenters. The Kier molecular flexibility index (Phi) is 4.13. The first-order valence-electron chi connectivity index (χ1n) is 4.87. The van der Waals surface area contributed by atoms with Crippen molar-refractivity contribution in [3.05, 3.63) is 0 Å². The van der Waals surface area contributed by atoms with Gasteiger partial charge >= 0.3 is 0 Å². The number of aldehydes is 1. The molecular weight excluding hydrogens is 168 g/mol. The van der Waals surface area contributed by atoms with Crippen LogP contribution in [0.5, 0.6) is 0 Å². The molecule has 1 aliphatic rings. The predicted molar refractivity (Wildman–Crippen MR) is 54.6 cm³/mol. The molecule has 1 saturated heterocycles. The van der Waals surface area contributed by atoms with E-state index in [-0.39, 0.29) is 5.41 Å². The Morgan fingerprint density at radius 3 is 2.58 bits per heavy atom. The summed E-state index contributed by atoms with van der Waals surface area (Å²) < 4.78 is 0. The monoisotopic (exact) mass is 186 g/mol. The standard InChI is InChI=1S/C10H18OS/c1-2-3-4-10(9-11)5-7-12-8-6-10/h9H,2-8H2,1H3. The van der Waals surface area contributed by atoms with Crippen molar-refractivity contribution in [2.24, 2.45) is 5.41 Å². The minimum Gasteiger partial charge on any atom is -0.303 e. The highest BCUT2D eigenvalue weighted by atomic mass is 32.2. The molecule has 1 aliphatic heterocycles. The van der Waals surface area contributed by atoms with Crippen LogP contribution in [-0.2, 0) is 4.79 Å². The quantitative estimate of drug-likeness (QED) is 0.628. The van der Waals surface area contributed by atoms with Crippen LogP contribution in [0.4, 0.5) is 0 Å². The van der Waals surface area contributed by atoms with Gasteiger partial charge in [0.25, 0.3) is 0 Å². The van der Waals surface area contributed by atoms with Crippen molar-refractivity contribution in [1.29, 1.82) is 0 Å². The number of hydrogen-bond donors (Lipinski definition) is 0. The van der Waals surface area contributed by atoms with Crippen LogP contribution in [0.1, 0.15) is 39.0 Å². The Labute approximate surface area is 79.3 Å². The first-order chi connectivity index (χ1) is 5.83. The van der Waals surface area contributed by atoms with Gasteiger partial charge in [-0.05, 0) is 30.8 Å². The Morgan fingerprint density at radius 1 is 1.42 bits per heavy atom. The average Bonchev–Trinajstić information content (AvgIpc) is 2.16. The van der Waals surface area contributed by atoms with E-state index in [0.29, 0.717) is 0 Å². The lowest BCUT2D eigenvalue weighted by Gasteiger charge is -2.31. The van der Waals surface area contributed by atoms with Crippen LogP contribution in [0.2, 0.25) is 0 Å². The Bertz CT molecular complexity index is 139. The molecule has 0 amide bonds. The molecule has 0 bridgehead atoms. The highest BCUT2D eigenvalue weighted by molar-refractivity contribution is 7.99. The maximum Gasteiger partial charge on any atom is 0.126 e. The third-order valence-electron chi connectivity index (χ3n) is 2.77. The van der Waals surface area contributed by atoms with Gasteiger partial charge in [0.05, 0.1) is 0 Å². The van der Waals surface area contributed by atoms with Crippen molar-refractivity contribution in [3.63, 3.8) is 0 Å². The van der Waals surface area contributed by atoms with Crippen LogP contribution in [0, 0.1) is 5.41 Å². The largest absolute Gasteiger partial charge is 0.303 e. The highest BCUT2D eigenvalue weighted by Crippen LogP contribution is 2.37. The number of rotatable bonds is 4. The van der Waals surface area contributed by atoms with Gasteiger partial charge in [-0.3, -0.25) is 0 Å². The smallest absolute Gasteiger partial charge is 0.126 e. The summed E-state index contributed by atoms with van der Waals surface area (Å²) in [6, 6.07) is 0. The Hall–Kier alpha value is 0.0200. The van der Waals surface area contributed by atoms with Gasteiger partial charge in [-0.2, -0.15) is 11.8 Å². The average molecular weight is 186 g/mol. The van der Waals surface area contributed by atoms with E-state index in [2.05, 4.69) is 6.92 Å². The van der Waals surface area contributed by atoms with Crippen LogP contribution in [0.3, 0.4) is 0 Å². The van der Waals surface area contributed by atoms with Crippen LogP contribution < -0.4 is 0 Å². The Balaban J connectivity index is 2.42. The maximum atomic E-state index is 11.0. The van der Waals surface area contributed by atoms with Gasteiger partial charge < -0.3 is 4.79 Å². The van der Waals surface area contributed by atoms with Crippen LogP contribution in [0.25, 0.3) is 0 Å². The fourth-order valence-corrected chi connectivity index (χ4v) is 3.04. The van der Waals surface area contributed by atoms with Crippen LogP contribution >= 0.6 is 11.8 Å². The van der Waals surface area contributed by atoms with Gasteiger partial charge in [-0.15, -0.1) is 0 Å². The maximum absolute atomic E-state index is 11.0. The number of unbranched alkanes of at least 4 members (excludes halogenated alkanes) is 1. The van der Waals surface area contributed by atoms with Gasteiger partial charge in [-0.1, -0.05) is 19.8 Å². The van der Waals surface area contributed by atoms with Gasteiger partial charge in [0.1, 0.15) is 6.29 Å². The van der Waals surface area contributed by atoms with Gasteiger partial charge in [0.15, 0.2) is 0 Å². The molecule has 0 spiro atoms. The van der Waals surface area contributed by atoms with Crippen molar-refractivity contribution in [3.8, 4) is 0 Å². The van der Waals surface area contributed by atoms with Crippen molar-refractivity contribution in [1.82, 2.24) is 0 Å². The molecule has 0 unspecified atom stereocenters. The third kappa shape index (κ3) is 2.51. The van der Waals surface area contributed by atoms with E-state index in [1.807, 2.05) is 11.8 Å². The molecule has 2 heteroatoms. The SMILES string of the molecule is CCCCC1(C=O)CCSCC1. The summed E-state index contributed by atoms with van der Waals surface area (Å²) in [4.78, 5) is 11.0. The van der Waals surface area contributed by atoms with E-state index in [1.54, 1.807) is 0 Å². The van der Waals surface area contributed by atoms with E-state index in [9.17, 15) is 4.79 Å². The summed E-state index contributed by atoms with van der Waals surface area (Å²) >= 11 is 1.99. The molecule has 1 heterocycles. The second kappa shape index (κ2) is 4.90. The minimum atomic E-state index is 0.0707. The first-order valence-corrected chi connectivity index (χ1v) is 6.02. The zero-order valence-electron chi connectivity index (χ0n) is 7.84. The molecule has 0 radical (unpaired) electrons. The summed E-state index contributed by atoms with van der Waals surface area (Å²) in [5.41, 5.74) is 0.0707. The lowest BCUT2D eigenvalue weighted by Crippen LogP contribution is -2.27. The molecule has 0 aromatic carbocycles. The second-order valence-corrected chi connectivity index (χ2v) is 4.92. The minimum absolute atomic E-state index is 0.0707. The zero-order chi connectivity index (χ0) is 8.86. The van der Waals surface area contributed by atoms with E-state index in [1.165, 1.54) is 30.6 Å². The number of carbonyl (C=O) groups excluding carboxylic acids is 1. The number of carbonyl (C=O) groups is 1. The molecule has 1 fully saturated rings. The lowest BCUT2D eigenvalue weighted by molar-refractivity contribution is -0.117. The topological polar surface area (TPSA) is 17.1 Å². The molecule has 70 valence electrons. The summed E-state index contributed by atoms with van der Waals surface area (Å²) in [6.07, 6.45) is 6.99. The number of thioether (sulfide) groups is 1. The predicted octanol–water partition coefficient (Wildman–Crippen LogP) is 2.89. The molecule has 1 nitrogen and oxygen atoms in total. The van der Waals surface area contributed by atoms with E-state index in [0.717, 1.165) is 19.3 Å². The molecule has 0 aliphatic carbocycles. The number of hydrogen-bond acceptors (Lipinski definition) is 2. The molecule has 1 rings (SSSR count). The first kappa shape index (κ1) is 10.1. The van der Waals surface area contributed by atoms with Gasteiger partial charge in [-0.25, -0.2) is 0 Å². The van der Waals surface area contributed by atoms with Crippen molar-refractivity contribution in [2.75, 3.05) is 11.5 Å². The molecule has 0 saturated carbocycles. The van der Waals surface area contributed by atoms with Crippen LogP contribution in [0.15, 0.2) is 0 Å². The lowest BCUT2D eigenvalue weighted by atomic mass is 9.79.